The summed E-state index contributed by atoms with van der Waals surface area (Å²) in [6.07, 6.45) is 7.68. The van der Waals surface area contributed by atoms with Crippen LogP contribution in [0.2, 0.25) is 0 Å². The summed E-state index contributed by atoms with van der Waals surface area (Å²) in [5.41, 5.74) is 0.567. The van der Waals surface area contributed by atoms with E-state index in [0.29, 0.717) is 5.41 Å². The minimum atomic E-state index is 0.567. The van der Waals surface area contributed by atoms with Gasteiger partial charge in [-0.1, -0.05) is 27.2 Å². The third-order valence-corrected chi connectivity index (χ3v) is 4.10. The Morgan fingerprint density at radius 2 is 1.50 bits per heavy atom. The molecule has 3 saturated carbocycles. The third-order valence-electron chi connectivity index (χ3n) is 4.10. The lowest BCUT2D eigenvalue weighted by atomic mass is 9.71. The molecule has 0 aliphatic heterocycles. The van der Waals surface area contributed by atoms with Crippen LogP contribution in [0.5, 0.6) is 0 Å². The molecule has 0 aromatic carbocycles. The van der Waals surface area contributed by atoms with Crippen LogP contribution < -0.4 is 0 Å². The predicted octanol–water partition coefficient (Wildman–Crippen LogP) is 3.86. The SMILES string of the molecule is CC(C)(C)C1CCC2CC(C2)C1. The van der Waals surface area contributed by atoms with Gasteiger partial charge in [0.1, 0.15) is 0 Å². The molecule has 0 heterocycles. The molecule has 0 N–H and O–H groups in total. The summed E-state index contributed by atoms with van der Waals surface area (Å²) in [7, 11) is 0. The van der Waals surface area contributed by atoms with E-state index in [4.69, 9.17) is 0 Å². The first kappa shape index (κ1) is 8.59. The second-order valence-corrected chi connectivity index (χ2v) is 6.08. The van der Waals surface area contributed by atoms with Gasteiger partial charge in [0.15, 0.2) is 0 Å². The summed E-state index contributed by atoms with van der Waals surface area (Å²) in [6, 6.07) is 0. The topological polar surface area (TPSA) is 0 Å². The van der Waals surface area contributed by atoms with E-state index in [-0.39, 0.29) is 0 Å². The Labute approximate surface area is 76.7 Å². The maximum absolute atomic E-state index is 2.42. The van der Waals surface area contributed by atoms with Gasteiger partial charge in [0, 0.05) is 0 Å². The summed E-state index contributed by atoms with van der Waals surface area (Å²) < 4.78 is 0. The highest BCUT2D eigenvalue weighted by atomic mass is 14.4. The molecule has 0 aromatic heterocycles. The standard InChI is InChI=1S/C12H22/c1-12(2,3)11-5-4-9-6-10(7-9)8-11/h9-11H,4-8H2,1-3H3. The average Bonchev–Trinajstić information content (AvgIpc) is 2.11. The maximum atomic E-state index is 2.42. The van der Waals surface area contributed by atoms with Crippen LogP contribution in [0, 0.1) is 23.2 Å². The van der Waals surface area contributed by atoms with Crippen molar-refractivity contribution >= 4 is 0 Å². The molecule has 0 heteroatoms. The van der Waals surface area contributed by atoms with Crippen molar-refractivity contribution in [3.8, 4) is 0 Å². The van der Waals surface area contributed by atoms with Crippen molar-refractivity contribution in [2.75, 3.05) is 0 Å². The second kappa shape index (κ2) is 2.75. The van der Waals surface area contributed by atoms with Crippen molar-refractivity contribution in [1.82, 2.24) is 0 Å². The van der Waals surface area contributed by atoms with Gasteiger partial charge in [-0.05, 0) is 48.9 Å². The highest BCUT2D eigenvalue weighted by Gasteiger charge is 2.38. The van der Waals surface area contributed by atoms with E-state index >= 15 is 0 Å². The van der Waals surface area contributed by atoms with E-state index in [9.17, 15) is 0 Å². The van der Waals surface area contributed by atoms with Gasteiger partial charge in [-0.2, -0.15) is 0 Å². The van der Waals surface area contributed by atoms with Crippen LogP contribution in [-0.2, 0) is 0 Å². The molecule has 1 unspecified atom stereocenters. The average molecular weight is 166 g/mol. The molecule has 0 aromatic rings. The summed E-state index contributed by atoms with van der Waals surface area (Å²) in [6.45, 7) is 7.25. The lowest BCUT2D eigenvalue weighted by molar-refractivity contribution is 0.162. The molecule has 3 rings (SSSR count). The summed E-state index contributed by atoms with van der Waals surface area (Å²) >= 11 is 0. The lowest BCUT2D eigenvalue weighted by Crippen LogP contribution is -2.24. The Morgan fingerprint density at radius 3 is 2.08 bits per heavy atom. The van der Waals surface area contributed by atoms with E-state index < -0.39 is 0 Å². The Kier molecular flexibility index (Phi) is 1.97. The first-order chi connectivity index (χ1) is 5.55. The van der Waals surface area contributed by atoms with Gasteiger partial charge in [-0.3, -0.25) is 0 Å². The number of hydrogen-bond acceptors (Lipinski definition) is 0. The molecule has 0 spiro atoms. The molecule has 3 fully saturated rings. The molecular formula is C12H22. The summed E-state index contributed by atoms with van der Waals surface area (Å²) in [5, 5.41) is 0. The maximum Gasteiger partial charge on any atom is -0.0354 e. The summed E-state index contributed by atoms with van der Waals surface area (Å²) in [4.78, 5) is 0. The van der Waals surface area contributed by atoms with Gasteiger partial charge >= 0.3 is 0 Å². The van der Waals surface area contributed by atoms with Gasteiger partial charge in [-0.15, -0.1) is 0 Å². The quantitative estimate of drug-likeness (QED) is 0.512. The minimum Gasteiger partial charge on any atom is -0.0599 e. The fraction of sp³-hybridized carbons (Fsp3) is 1.00. The molecule has 3 aliphatic rings. The van der Waals surface area contributed by atoms with Crippen LogP contribution in [0.3, 0.4) is 0 Å². The van der Waals surface area contributed by atoms with Crippen molar-refractivity contribution in [3.63, 3.8) is 0 Å². The van der Waals surface area contributed by atoms with Crippen molar-refractivity contribution < 1.29 is 0 Å². The number of rotatable bonds is 0. The Balaban J connectivity index is 1.99. The fourth-order valence-electron chi connectivity index (χ4n) is 3.05. The highest BCUT2D eigenvalue weighted by Crippen LogP contribution is 2.49. The van der Waals surface area contributed by atoms with Crippen LogP contribution in [-0.4, -0.2) is 0 Å². The molecule has 0 nitrogen and oxygen atoms in total. The van der Waals surface area contributed by atoms with Crippen molar-refractivity contribution in [2.24, 2.45) is 23.2 Å². The molecule has 1 atom stereocenters. The van der Waals surface area contributed by atoms with Crippen LogP contribution in [0.4, 0.5) is 0 Å². The van der Waals surface area contributed by atoms with Crippen LogP contribution >= 0.6 is 0 Å². The molecule has 12 heavy (non-hydrogen) atoms. The molecule has 3 aliphatic carbocycles. The third kappa shape index (κ3) is 1.53. The van der Waals surface area contributed by atoms with E-state index in [2.05, 4.69) is 20.8 Å². The highest BCUT2D eigenvalue weighted by molar-refractivity contribution is 4.89. The van der Waals surface area contributed by atoms with E-state index in [0.717, 1.165) is 17.8 Å². The largest absolute Gasteiger partial charge is 0.0599 e. The predicted molar refractivity (Wildman–Crippen MR) is 53.0 cm³/mol. The van der Waals surface area contributed by atoms with E-state index in [1.807, 2.05) is 0 Å². The zero-order valence-corrected chi connectivity index (χ0v) is 8.77. The van der Waals surface area contributed by atoms with Gasteiger partial charge < -0.3 is 0 Å². The van der Waals surface area contributed by atoms with Gasteiger partial charge in [0.25, 0.3) is 0 Å². The molecule has 2 bridgehead atoms. The smallest absolute Gasteiger partial charge is 0.0354 e. The lowest BCUT2D eigenvalue weighted by Gasteiger charge is -2.34. The van der Waals surface area contributed by atoms with Crippen LogP contribution in [0.15, 0.2) is 0 Å². The normalized spacial score (nSPS) is 41.8. The van der Waals surface area contributed by atoms with Crippen molar-refractivity contribution in [2.45, 2.75) is 52.9 Å². The molecule has 0 amide bonds. The van der Waals surface area contributed by atoms with E-state index in [1.54, 1.807) is 12.8 Å². The minimum absolute atomic E-state index is 0.567. The second-order valence-electron chi connectivity index (χ2n) is 6.08. The Morgan fingerprint density at radius 1 is 0.833 bits per heavy atom. The Hall–Kier alpha value is 0. The number of fused-ring (bicyclic) bond motifs is 3. The van der Waals surface area contributed by atoms with Gasteiger partial charge in [-0.25, -0.2) is 0 Å². The zero-order valence-electron chi connectivity index (χ0n) is 8.77. The monoisotopic (exact) mass is 166 g/mol. The number of hydrogen-bond donors (Lipinski definition) is 0. The molecule has 0 saturated heterocycles. The Bertz CT molecular complexity index is 157. The molecule has 70 valence electrons. The molecular weight excluding hydrogens is 144 g/mol. The van der Waals surface area contributed by atoms with Crippen molar-refractivity contribution in [1.29, 1.82) is 0 Å². The fourth-order valence-corrected chi connectivity index (χ4v) is 3.05. The van der Waals surface area contributed by atoms with Gasteiger partial charge in [0.2, 0.25) is 0 Å². The van der Waals surface area contributed by atoms with E-state index in [1.165, 1.54) is 19.3 Å². The molecule has 0 radical (unpaired) electrons. The van der Waals surface area contributed by atoms with Gasteiger partial charge in [0.05, 0.1) is 0 Å². The first-order valence-corrected chi connectivity index (χ1v) is 5.55. The van der Waals surface area contributed by atoms with Crippen LogP contribution in [0.1, 0.15) is 52.9 Å². The first-order valence-electron chi connectivity index (χ1n) is 5.55. The van der Waals surface area contributed by atoms with Crippen LogP contribution in [0.25, 0.3) is 0 Å². The zero-order chi connectivity index (χ0) is 8.77. The van der Waals surface area contributed by atoms with Crippen molar-refractivity contribution in [3.05, 3.63) is 0 Å². The summed E-state index contributed by atoms with van der Waals surface area (Å²) in [5.74, 6) is 3.25.